The zero-order valence-electron chi connectivity index (χ0n) is 21.3. The molecule has 3 aromatic rings. The van der Waals surface area contributed by atoms with Gasteiger partial charge in [-0.25, -0.2) is 18.4 Å². The van der Waals surface area contributed by atoms with Gasteiger partial charge in [-0.2, -0.15) is 0 Å². The average Bonchev–Trinajstić information content (AvgIpc) is 3.49. The molecular weight excluding hydrogens is 522 g/mol. The third-order valence-corrected chi connectivity index (χ3v) is 8.80. The molecule has 200 valence electrons. The van der Waals surface area contributed by atoms with Crippen LogP contribution in [0.25, 0.3) is 5.69 Å². The second-order valence-electron chi connectivity index (χ2n) is 8.72. The molecule has 4 rings (SSSR count). The molecule has 13 heteroatoms. The molecule has 11 nitrogen and oxygen atoms in total. The number of ether oxygens (including phenoxy) is 4. The topological polar surface area (TPSA) is 128 Å². The van der Waals surface area contributed by atoms with Crippen LogP contribution in [0, 0.1) is 0 Å². The highest BCUT2D eigenvalue weighted by atomic mass is 35.5. The van der Waals surface area contributed by atoms with E-state index in [0.29, 0.717) is 34.6 Å². The highest BCUT2D eigenvalue weighted by Gasteiger charge is 2.37. The van der Waals surface area contributed by atoms with E-state index in [-0.39, 0.29) is 23.7 Å². The van der Waals surface area contributed by atoms with Crippen molar-refractivity contribution in [2.75, 3.05) is 27.9 Å². The molecular formula is C24H30ClN5O6S. The summed E-state index contributed by atoms with van der Waals surface area (Å²) in [4.78, 5) is 8.31. The fourth-order valence-electron chi connectivity index (χ4n) is 4.51. The van der Waals surface area contributed by atoms with Crippen LogP contribution in [0.2, 0.25) is 5.02 Å². The van der Waals surface area contributed by atoms with E-state index in [1.807, 2.05) is 6.92 Å². The van der Waals surface area contributed by atoms with Crippen molar-refractivity contribution in [3.63, 3.8) is 0 Å². The van der Waals surface area contributed by atoms with E-state index < -0.39 is 26.9 Å². The van der Waals surface area contributed by atoms with Gasteiger partial charge in [0, 0.05) is 32.0 Å². The number of sulfone groups is 1. The van der Waals surface area contributed by atoms with Gasteiger partial charge in [-0.15, -0.1) is 10.2 Å². The van der Waals surface area contributed by atoms with Gasteiger partial charge in [-0.1, -0.05) is 17.7 Å². The third kappa shape index (κ3) is 5.42. The molecule has 2 aromatic heterocycles. The van der Waals surface area contributed by atoms with Crippen molar-refractivity contribution >= 4 is 21.4 Å². The maximum Gasteiger partial charge on any atom is 0.163 e. The Labute approximate surface area is 221 Å². The van der Waals surface area contributed by atoms with Crippen LogP contribution in [0.3, 0.4) is 0 Å². The molecule has 3 heterocycles. The molecule has 0 saturated carbocycles. The number of nitrogens with zero attached hydrogens (tertiary/aromatic N) is 5. The van der Waals surface area contributed by atoms with E-state index in [2.05, 4.69) is 20.2 Å². The second-order valence-corrected chi connectivity index (χ2v) is 11.5. The average molecular weight is 552 g/mol. The van der Waals surface area contributed by atoms with E-state index >= 15 is 0 Å². The van der Waals surface area contributed by atoms with E-state index in [4.69, 9.17) is 30.5 Å². The molecule has 0 amide bonds. The van der Waals surface area contributed by atoms with Crippen LogP contribution in [0.4, 0.5) is 0 Å². The minimum Gasteiger partial charge on any atom is -0.494 e. The number of para-hydroxylation sites is 1. The SMILES string of the molecule is COc1cccc(OC)c1-n1c(CS(=O)(=O)[C@@H](C)[C@H](OC)c2ncc(Cl)cn2)nnc1[C@H]1CCO[C@H]1C. The highest BCUT2D eigenvalue weighted by Crippen LogP contribution is 2.39. The Hall–Kier alpha value is -2.80. The summed E-state index contributed by atoms with van der Waals surface area (Å²) in [6, 6.07) is 5.34. The Morgan fingerprint density at radius 1 is 1.14 bits per heavy atom. The molecule has 1 fully saturated rings. The van der Waals surface area contributed by atoms with Gasteiger partial charge in [0.1, 0.15) is 34.9 Å². The predicted octanol–water partition coefficient (Wildman–Crippen LogP) is 3.31. The van der Waals surface area contributed by atoms with Crippen LogP contribution in [-0.2, 0) is 25.1 Å². The van der Waals surface area contributed by atoms with Gasteiger partial charge < -0.3 is 18.9 Å². The summed E-state index contributed by atoms with van der Waals surface area (Å²) in [5.74, 6) is 1.48. The molecule has 37 heavy (non-hydrogen) atoms. The second kappa shape index (κ2) is 11.3. The zero-order valence-corrected chi connectivity index (χ0v) is 22.9. The Bertz CT molecular complexity index is 1310. The van der Waals surface area contributed by atoms with Gasteiger partial charge in [0.2, 0.25) is 0 Å². The standard InChI is InChI=1S/C24H30ClN5O6S/c1-14-17(9-10-36-14)24-29-28-20(30(24)21-18(33-3)7-6-8-19(21)34-4)13-37(31,32)15(2)22(35-5)23-26-11-16(25)12-27-23/h6-8,11-12,14-15,17,22H,9-10,13H2,1-5H3/t14-,15-,17-,22-/m0/s1. The van der Waals surface area contributed by atoms with Crippen molar-refractivity contribution < 1.29 is 27.4 Å². The fourth-order valence-corrected chi connectivity index (χ4v) is 6.02. The minimum atomic E-state index is -3.85. The van der Waals surface area contributed by atoms with E-state index in [1.54, 1.807) is 29.7 Å². The number of rotatable bonds is 10. The molecule has 1 aromatic carbocycles. The number of hydrogen-bond donors (Lipinski definition) is 0. The normalized spacial score (nSPS) is 19.5. The van der Waals surface area contributed by atoms with Gasteiger partial charge >= 0.3 is 0 Å². The maximum atomic E-state index is 13.7. The summed E-state index contributed by atoms with van der Waals surface area (Å²) in [6.45, 7) is 4.09. The zero-order chi connectivity index (χ0) is 26.7. The van der Waals surface area contributed by atoms with Crippen LogP contribution in [0.1, 0.15) is 49.8 Å². The van der Waals surface area contributed by atoms with Gasteiger partial charge in [0.15, 0.2) is 21.5 Å². The number of benzene rings is 1. The third-order valence-electron chi connectivity index (χ3n) is 6.56. The van der Waals surface area contributed by atoms with Gasteiger partial charge in [-0.05, 0) is 32.4 Å². The molecule has 0 unspecified atom stereocenters. The van der Waals surface area contributed by atoms with Gasteiger partial charge in [0.25, 0.3) is 0 Å². The summed E-state index contributed by atoms with van der Waals surface area (Å²) in [5.41, 5.74) is 0.522. The van der Waals surface area contributed by atoms with Crippen LogP contribution in [0.15, 0.2) is 30.6 Å². The first-order valence-electron chi connectivity index (χ1n) is 11.7. The Balaban J connectivity index is 1.80. The molecule has 0 radical (unpaired) electrons. The van der Waals surface area contributed by atoms with Crippen LogP contribution in [0.5, 0.6) is 11.5 Å². The number of halogens is 1. The predicted molar refractivity (Wildman–Crippen MR) is 136 cm³/mol. The number of aromatic nitrogens is 5. The van der Waals surface area contributed by atoms with Gasteiger partial charge in [0.05, 0.1) is 30.6 Å². The first-order chi connectivity index (χ1) is 17.7. The summed E-state index contributed by atoms with van der Waals surface area (Å²) >= 11 is 5.90. The molecule has 0 spiro atoms. The quantitative estimate of drug-likeness (QED) is 0.370. The van der Waals surface area contributed by atoms with Crippen molar-refractivity contribution in [2.24, 2.45) is 0 Å². The summed E-state index contributed by atoms with van der Waals surface area (Å²) in [5, 5.41) is 8.12. The van der Waals surface area contributed by atoms with E-state index in [0.717, 1.165) is 6.42 Å². The molecule has 0 bridgehead atoms. The minimum absolute atomic E-state index is 0.0924. The van der Waals surface area contributed by atoms with Gasteiger partial charge in [-0.3, -0.25) is 4.57 Å². The first-order valence-corrected chi connectivity index (χ1v) is 13.8. The molecule has 1 aliphatic heterocycles. The summed E-state index contributed by atoms with van der Waals surface area (Å²) in [6.07, 6.45) is 2.49. The Morgan fingerprint density at radius 3 is 2.32 bits per heavy atom. The van der Waals surface area contributed by atoms with Crippen molar-refractivity contribution in [3.05, 3.63) is 53.1 Å². The lowest BCUT2D eigenvalue weighted by atomic mass is 10.0. The fraction of sp³-hybridized carbons (Fsp3) is 0.500. The van der Waals surface area contributed by atoms with Crippen LogP contribution >= 0.6 is 11.6 Å². The number of methoxy groups -OCH3 is 3. The van der Waals surface area contributed by atoms with Crippen molar-refractivity contribution in [1.29, 1.82) is 0 Å². The lowest BCUT2D eigenvalue weighted by Crippen LogP contribution is -2.30. The van der Waals surface area contributed by atoms with E-state index in [1.165, 1.54) is 33.7 Å². The lowest BCUT2D eigenvalue weighted by Gasteiger charge is -2.23. The van der Waals surface area contributed by atoms with Crippen molar-refractivity contribution in [1.82, 2.24) is 24.7 Å². The molecule has 1 saturated heterocycles. The van der Waals surface area contributed by atoms with Crippen LogP contribution in [-0.4, -0.2) is 72.4 Å². The Morgan fingerprint density at radius 2 is 1.78 bits per heavy atom. The maximum absolute atomic E-state index is 13.7. The first kappa shape index (κ1) is 27.2. The Kier molecular flexibility index (Phi) is 8.32. The van der Waals surface area contributed by atoms with E-state index in [9.17, 15) is 8.42 Å². The van der Waals surface area contributed by atoms with Crippen molar-refractivity contribution in [2.45, 2.75) is 49.4 Å². The van der Waals surface area contributed by atoms with Crippen molar-refractivity contribution in [3.8, 4) is 17.2 Å². The lowest BCUT2D eigenvalue weighted by molar-refractivity contribution is 0.0948. The highest BCUT2D eigenvalue weighted by molar-refractivity contribution is 7.91. The largest absolute Gasteiger partial charge is 0.494 e. The molecule has 0 aliphatic carbocycles. The molecule has 1 aliphatic rings. The monoisotopic (exact) mass is 551 g/mol. The summed E-state index contributed by atoms with van der Waals surface area (Å²) in [7, 11) is 0.641. The number of hydrogen-bond acceptors (Lipinski definition) is 10. The molecule has 0 N–H and O–H groups in total. The van der Waals surface area contributed by atoms with Crippen LogP contribution < -0.4 is 9.47 Å². The smallest absolute Gasteiger partial charge is 0.163 e. The summed E-state index contributed by atoms with van der Waals surface area (Å²) < 4.78 is 51.6. The molecule has 4 atom stereocenters.